The van der Waals surface area contributed by atoms with Gasteiger partial charge in [-0.1, -0.05) is 12.1 Å². The van der Waals surface area contributed by atoms with Gasteiger partial charge in [-0.25, -0.2) is 9.97 Å². The lowest BCUT2D eigenvalue weighted by Gasteiger charge is -2.23. The summed E-state index contributed by atoms with van der Waals surface area (Å²) in [5.41, 5.74) is 4.12. The topological polar surface area (TPSA) is 72.3 Å². The molecule has 7 heteroatoms. The van der Waals surface area contributed by atoms with Crippen molar-refractivity contribution in [3.63, 3.8) is 0 Å². The number of likely N-dealkylation sites (tertiary alicyclic amines) is 1. The predicted octanol–water partition coefficient (Wildman–Crippen LogP) is 3.63. The van der Waals surface area contributed by atoms with E-state index in [4.69, 9.17) is 4.74 Å². The number of carbonyl (C=O) groups excluding carboxylic acids is 1. The first-order valence-electron chi connectivity index (χ1n) is 10.8. The second kappa shape index (κ2) is 8.53. The average molecular weight is 406 g/mol. The van der Waals surface area contributed by atoms with E-state index >= 15 is 0 Å². The Morgan fingerprint density at radius 3 is 2.80 bits per heavy atom. The summed E-state index contributed by atoms with van der Waals surface area (Å²) in [7, 11) is 0. The third-order valence-corrected chi connectivity index (χ3v) is 6.05. The van der Waals surface area contributed by atoms with Gasteiger partial charge >= 0.3 is 0 Å². The Labute approximate surface area is 176 Å². The monoisotopic (exact) mass is 405 g/mol. The molecule has 0 unspecified atom stereocenters. The summed E-state index contributed by atoms with van der Waals surface area (Å²) >= 11 is 0. The quantitative estimate of drug-likeness (QED) is 0.702. The highest BCUT2D eigenvalue weighted by Crippen LogP contribution is 2.25. The molecule has 0 atom stereocenters. The molecule has 0 radical (unpaired) electrons. The number of aromatic nitrogens is 3. The second-order valence-electron chi connectivity index (χ2n) is 8.20. The maximum absolute atomic E-state index is 12.8. The Morgan fingerprint density at radius 2 is 1.97 bits per heavy atom. The Balaban J connectivity index is 1.30. The van der Waals surface area contributed by atoms with Gasteiger partial charge in [-0.3, -0.25) is 9.69 Å². The summed E-state index contributed by atoms with van der Waals surface area (Å²) in [6, 6.07) is 10.3. The third-order valence-electron chi connectivity index (χ3n) is 6.05. The van der Waals surface area contributed by atoms with Gasteiger partial charge in [-0.2, -0.15) is 0 Å². The number of amides is 1. The Kier molecular flexibility index (Phi) is 5.46. The van der Waals surface area contributed by atoms with Gasteiger partial charge < -0.3 is 14.6 Å². The number of ether oxygens (including phenoxy) is 1. The molecule has 0 aliphatic carbocycles. The van der Waals surface area contributed by atoms with Crippen molar-refractivity contribution >= 4 is 22.8 Å². The van der Waals surface area contributed by atoms with Crippen LogP contribution in [0.3, 0.4) is 0 Å². The number of nitrogens with zero attached hydrogens (tertiary/aromatic N) is 4. The van der Waals surface area contributed by atoms with E-state index in [1.165, 1.54) is 18.4 Å². The van der Waals surface area contributed by atoms with Gasteiger partial charge in [0.25, 0.3) is 5.91 Å². The summed E-state index contributed by atoms with van der Waals surface area (Å²) in [5.74, 6) is -0.164. The minimum atomic E-state index is -0.164. The van der Waals surface area contributed by atoms with Crippen LogP contribution in [-0.4, -0.2) is 51.6 Å². The summed E-state index contributed by atoms with van der Waals surface area (Å²) in [4.78, 5) is 24.3. The third kappa shape index (κ3) is 4.08. The van der Waals surface area contributed by atoms with Crippen LogP contribution in [0.4, 0.5) is 5.69 Å². The molecule has 2 aliphatic rings. The molecule has 1 aromatic carbocycles. The molecule has 2 aromatic heterocycles. The number of rotatable bonds is 5. The summed E-state index contributed by atoms with van der Waals surface area (Å²) in [6.07, 6.45) is 7.94. The Morgan fingerprint density at radius 1 is 1.13 bits per heavy atom. The molecule has 3 aromatic rings. The van der Waals surface area contributed by atoms with Crippen molar-refractivity contribution in [2.75, 3.05) is 31.6 Å². The molecule has 2 aliphatic heterocycles. The minimum Gasteiger partial charge on any atom is -0.381 e. The van der Waals surface area contributed by atoms with Crippen molar-refractivity contribution in [3.8, 4) is 0 Å². The summed E-state index contributed by atoms with van der Waals surface area (Å²) in [5, 5.41) is 3.01. The van der Waals surface area contributed by atoms with Gasteiger partial charge in [0.1, 0.15) is 5.52 Å². The molecule has 7 nitrogen and oxygen atoms in total. The van der Waals surface area contributed by atoms with E-state index in [9.17, 15) is 4.79 Å². The van der Waals surface area contributed by atoms with Crippen LogP contribution >= 0.6 is 0 Å². The van der Waals surface area contributed by atoms with Gasteiger partial charge in [0.05, 0.1) is 11.9 Å². The standard InChI is InChI=1S/C23H27N5O2/c29-23(26-19-5-3-4-17(12-19)15-27-8-1-2-9-27)18-13-21-22(24-14-18)28(16-25-21)20-6-10-30-11-7-20/h3-5,12-14,16,20H,1-2,6-11,15H2,(H,26,29). The lowest BCUT2D eigenvalue weighted by Crippen LogP contribution is -2.19. The van der Waals surface area contributed by atoms with Crippen LogP contribution in [0.25, 0.3) is 11.2 Å². The zero-order valence-corrected chi connectivity index (χ0v) is 17.1. The fourth-order valence-corrected chi connectivity index (χ4v) is 4.42. The van der Waals surface area contributed by atoms with Crippen molar-refractivity contribution in [1.82, 2.24) is 19.4 Å². The first-order valence-corrected chi connectivity index (χ1v) is 10.8. The molecule has 0 saturated carbocycles. The number of imidazole rings is 1. The van der Waals surface area contributed by atoms with Crippen molar-refractivity contribution < 1.29 is 9.53 Å². The second-order valence-corrected chi connectivity index (χ2v) is 8.20. The molecule has 5 rings (SSSR count). The lowest BCUT2D eigenvalue weighted by atomic mass is 10.1. The highest BCUT2D eigenvalue weighted by Gasteiger charge is 2.19. The fourth-order valence-electron chi connectivity index (χ4n) is 4.42. The van der Waals surface area contributed by atoms with Crippen LogP contribution in [0.15, 0.2) is 42.9 Å². The first kappa shape index (κ1) is 19.2. The zero-order valence-electron chi connectivity index (χ0n) is 17.1. The molecule has 30 heavy (non-hydrogen) atoms. The van der Waals surface area contributed by atoms with E-state index in [-0.39, 0.29) is 5.91 Å². The molecule has 156 valence electrons. The largest absolute Gasteiger partial charge is 0.381 e. The highest BCUT2D eigenvalue weighted by molar-refractivity contribution is 6.05. The van der Waals surface area contributed by atoms with Crippen LogP contribution in [0.5, 0.6) is 0 Å². The van der Waals surface area contributed by atoms with Gasteiger partial charge in [-0.05, 0) is 62.5 Å². The summed E-state index contributed by atoms with van der Waals surface area (Å²) in [6.45, 7) is 4.77. The van der Waals surface area contributed by atoms with Gasteiger partial charge in [-0.15, -0.1) is 0 Å². The minimum absolute atomic E-state index is 0.164. The van der Waals surface area contributed by atoms with Crippen molar-refractivity contribution in [2.24, 2.45) is 0 Å². The molecule has 0 bridgehead atoms. The molecule has 2 fully saturated rings. The van der Waals surface area contributed by atoms with Crippen LogP contribution in [0.1, 0.15) is 47.6 Å². The number of fused-ring (bicyclic) bond motifs is 1. The Hall–Kier alpha value is -2.77. The first-order chi connectivity index (χ1) is 14.8. The SMILES string of the molecule is O=C(Nc1cccc(CN2CCCC2)c1)c1cnc2c(c1)ncn2C1CCOCC1. The fraction of sp³-hybridized carbons (Fsp3) is 0.435. The number of pyridine rings is 1. The van der Waals surface area contributed by atoms with Crippen LogP contribution in [0.2, 0.25) is 0 Å². The van der Waals surface area contributed by atoms with Crippen LogP contribution < -0.4 is 5.32 Å². The molecule has 1 amide bonds. The number of carbonyl (C=O) groups is 1. The molecule has 4 heterocycles. The smallest absolute Gasteiger partial charge is 0.257 e. The van der Waals surface area contributed by atoms with Crippen LogP contribution in [-0.2, 0) is 11.3 Å². The molecule has 0 spiro atoms. The molecule has 1 N–H and O–H groups in total. The van der Waals surface area contributed by atoms with E-state index in [1.807, 2.05) is 24.5 Å². The van der Waals surface area contributed by atoms with Crippen LogP contribution in [0, 0.1) is 0 Å². The van der Waals surface area contributed by atoms with Crippen molar-refractivity contribution in [2.45, 2.75) is 38.3 Å². The molecule has 2 saturated heterocycles. The number of nitrogens with one attached hydrogen (secondary N) is 1. The molecular formula is C23H27N5O2. The number of benzene rings is 1. The van der Waals surface area contributed by atoms with E-state index in [0.29, 0.717) is 11.6 Å². The van der Waals surface area contributed by atoms with E-state index < -0.39 is 0 Å². The average Bonchev–Trinajstić information content (AvgIpc) is 3.44. The van der Waals surface area contributed by atoms with E-state index in [2.05, 4.69) is 36.9 Å². The number of hydrogen-bond donors (Lipinski definition) is 1. The highest BCUT2D eigenvalue weighted by atomic mass is 16.5. The van der Waals surface area contributed by atoms with Crippen molar-refractivity contribution in [3.05, 3.63) is 54.0 Å². The maximum atomic E-state index is 12.8. The lowest BCUT2D eigenvalue weighted by molar-refractivity contribution is 0.0704. The maximum Gasteiger partial charge on any atom is 0.257 e. The van der Waals surface area contributed by atoms with Gasteiger partial charge in [0.2, 0.25) is 0 Å². The predicted molar refractivity (Wildman–Crippen MR) is 116 cm³/mol. The Bertz CT molecular complexity index is 1040. The zero-order chi connectivity index (χ0) is 20.3. The van der Waals surface area contributed by atoms with Gasteiger partial charge in [0.15, 0.2) is 5.65 Å². The normalized spacial score (nSPS) is 18.1. The molecular weight excluding hydrogens is 378 g/mol. The van der Waals surface area contributed by atoms with Gasteiger partial charge in [0, 0.05) is 37.7 Å². The van der Waals surface area contributed by atoms with E-state index in [1.54, 1.807) is 6.20 Å². The summed E-state index contributed by atoms with van der Waals surface area (Å²) < 4.78 is 7.57. The van der Waals surface area contributed by atoms with E-state index in [0.717, 1.165) is 62.5 Å². The van der Waals surface area contributed by atoms with Crippen molar-refractivity contribution in [1.29, 1.82) is 0 Å². The number of hydrogen-bond acceptors (Lipinski definition) is 5. The number of anilines is 1.